The maximum Gasteiger partial charge on any atom is 0.0723 e. The molecule has 0 unspecified atom stereocenters. The molecule has 24 heavy (non-hydrogen) atoms. The number of halogens is 1. The topological polar surface area (TPSA) is 37.4 Å². The van der Waals surface area contributed by atoms with Crippen LogP contribution in [-0.4, -0.2) is 31.3 Å². The first kappa shape index (κ1) is 15.2. The van der Waals surface area contributed by atoms with Crippen LogP contribution in [0.5, 0.6) is 0 Å². The molecule has 0 aliphatic carbocycles. The number of morpholine rings is 1. The quantitative estimate of drug-likeness (QED) is 0.764. The van der Waals surface area contributed by atoms with Crippen molar-refractivity contribution in [3.8, 4) is 0 Å². The molecule has 1 aliphatic rings. The molecule has 0 bridgehead atoms. The average molecular weight is 340 g/mol. The van der Waals surface area contributed by atoms with Crippen molar-refractivity contribution in [3.63, 3.8) is 0 Å². The number of rotatable bonds is 3. The van der Waals surface area contributed by atoms with E-state index in [0.717, 1.165) is 48.6 Å². The van der Waals surface area contributed by atoms with Gasteiger partial charge >= 0.3 is 0 Å². The van der Waals surface area contributed by atoms with Gasteiger partial charge in [-0.15, -0.1) is 0 Å². The molecular weight excluding hydrogens is 322 g/mol. The first-order valence-corrected chi connectivity index (χ1v) is 8.42. The molecule has 4 nitrogen and oxygen atoms in total. The Labute approximate surface area is 146 Å². The number of para-hydroxylation sites is 2. The summed E-state index contributed by atoms with van der Waals surface area (Å²) in [6.07, 6.45) is 1.82. The normalized spacial score (nSPS) is 14.8. The zero-order valence-corrected chi connectivity index (χ0v) is 14.0. The SMILES string of the molecule is Clc1ccc2nccc(Nc3ccccc3N3CCOCC3)c2c1. The second kappa shape index (κ2) is 6.67. The van der Waals surface area contributed by atoms with Gasteiger partial charge in [0.05, 0.1) is 30.1 Å². The molecule has 1 aromatic heterocycles. The van der Waals surface area contributed by atoms with Gasteiger partial charge in [-0.25, -0.2) is 0 Å². The molecule has 2 heterocycles. The maximum absolute atomic E-state index is 6.17. The van der Waals surface area contributed by atoms with Crippen LogP contribution in [0.3, 0.4) is 0 Å². The minimum Gasteiger partial charge on any atom is -0.378 e. The van der Waals surface area contributed by atoms with Gasteiger partial charge in [-0.3, -0.25) is 4.98 Å². The Morgan fingerprint density at radius 3 is 2.71 bits per heavy atom. The maximum atomic E-state index is 6.17. The van der Waals surface area contributed by atoms with E-state index in [9.17, 15) is 0 Å². The van der Waals surface area contributed by atoms with Crippen molar-refractivity contribution in [2.24, 2.45) is 0 Å². The highest BCUT2D eigenvalue weighted by Gasteiger charge is 2.15. The summed E-state index contributed by atoms with van der Waals surface area (Å²) in [5.41, 5.74) is 4.19. The number of nitrogens with one attached hydrogen (secondary N) is 1. The first-order valence-electron chi connectivity index (χ1n) is 8.04. The lowest BCUT2D eigenvalue weighted by Gasteiger charge is -2.30. The Hall–Kier alpha value is -2.30. The monoisotopic (exact) mass is 339 g/mol. The van der Waals surface area contributed by atoms with E-state index in [1.807, 2.05) is 36.5 Å². The molecule has 0 saturated carbocycles. The molecule has 122 valence electrons. The molecule has 4 rings (SSSR count). The molecule has 1 aliphatic heterocycles. The van der Waals surface area contributed by atoms with Crippen molar-refractivity contribution < 1.29 is 4.74 Å². The Balaban J connectivity index is 1.72. The van der Waals surface area contributed by atoms with E-state index < -0.39 is 0 Å². The Morgan fingerprint density at radius 2 is 1.83 bits per heavy atom. The third-order valence-electron chi connectivity index (χ3n) is 4.23. The molecule has 1 fully saturated rings. The lowest BCUT2D eigenvalue weighted by Crippen LogP contribution is -2.36. The summed E-state index contributed by atoms with van der Waals surface area (Å²) in [5, 5.41) is 5.28. The number of ether oxygens (including phenoxy) is 1. The molecule has 0 atom stereocenters. The van der Waals surface area contributed by atoms with Gasteiger partial charge in [0.25, 0.3) is 0 Å². The first-order chi connectivity index (χ1) is 11.8. The van der Waals surface area contributed by atoms with Crippen molar-refractivity contribution in [1.82, 2.24) is 4.98 Å². The largest absolute Gasteiger partial charge is 0.378 e. The van der Waals surface area contributed by atoms with Gasteiger partial charge in [0.1, 0.15) is 0 Å². The van der Waals surface area contributed by atoms with Crippen molar-refractivity contribution >= 4 is 39.6 Å². The zero-order valence-electron chi connectivity index (χ0n) is 13.2. The molecule has 0 amide bonds. The Morgan fingerprint density at radius 1 is 1.00 bits per heavy atom. The van der Waals surface area contributed by atoms with E-state index in [1.165, 1.54) is 5.69 Å². The van der Waals surface area contributed by atoms with Crippen molar-refractivity contribution in [1.29, 1.82) is 0 Å². The second-order valence-corrected chi connectivity index (χ2v) is 6.20. The van der Waals surface area contributed by atoms with E-state index in [-0.39, 0.29) is 0 Å². The summed E-state index contributed by atoms with van der Waals surface area (Å²) >= 11 is 6.17. The van der Waals surface area contributed by atoms with Gasteiger partial charge in [0.15, 0.2) is 0 Å². The van der Waals surface area contributed by atoms with Crippen LogP contribution >= 0.6 is 11.6 Å². The van der Waals surface area contributed by atoms with Crippen LogP contribution in [0, 0.1) is 0 Å². The van der Waals surface area contributed by atoms with E-state index in [4.69, 9.17) is 16.3 Å². The number of benzene rings is 2. The van der Waals surface area contributed by atoms with Gasteiger partial charge in [-0.1, -0.05) is 23.7 Å². The molecule has 1 N–H and O–H groups in total. The van der Waals surface area contributed by atoms with E-state index >= 15 is 0 Å². The predicted molar refractivity (Wildman–Crippen MR) is 99.5 cm³/mol. The molecule has 2 aromatic carbocycles. The number of hydrogen-bond acceptors (Lipinski definition) is 4. The highest BCUT2D eigenvalue weighted by Crippen LogP contribution is 2.32. The lowest BCUT2D eigenvalue weighted by molar-refractivity contribution is 0.123. The Kier molecular flexibility index (Phi) is 4.24. The second-order valence-electron chi connectivity index (χ2n) is 5.76. The van der Waals surface area contributed by atoms with Gasteiger partial charge in [-0.05, 0) is 36.4 Å². The molecule has 1 saturated heterocycles. The van der Waals surface area contributed by atoms with Crippen LogP contribution < -0.4 is 10.2 Å². The van der Waals surface area contributed by atoms with Gasteiger partial charge in [-0.2, -0.15) is 0 Å². The summed E-state index contributed by atoms with van der Waals surface area (Å²) < 4.78 is 5.47. The van der Waals surface area contributed by atoms with E-state index in [2.05, 4.69) is 33.4 Å². The Bertz CT molecular complexity index is 862. The van der Waals surface area contributed by atoms with Crippen molar-refractivity contribution in [2.75, 3.05) is 36.5 Å². The van der Waals surface area contributed by atoms with Crippen LogP contribution in [-0.2, 0) is 4.74 Å². The zero-order chi connectivity index (χ0) is 16.4. The molecule has 0 radical (unpaired) electrons. The van der Waals surface area contributed by atoms with Gasteiger partial charge in [0, 0.05) is 35.4 Å². The number of pyridine rings is 1. The van der Waals surface area contributed by atoms with E-state index in [0.29, 0.717) is 5.02 Å². The summed E-state index contributed by atoms with van der Waals surface area (Å²) in [7, 11) is 0. The standard InChI is InChI=1S/C19H18ClN3O/c20-14-5-6-16-15(13-14)17(7-8-21-16)22-18-3-1-2-4-19(18)23-9-11-24-12-10-23/h1-8,13H,9-12H2,(H,21,22). The van der Waals surface area contributed by atoms with Gasteiger partial charge in [0.2, 0.25) is 0 Å². The average Bonchev–Trinajstić information content (AvgIpc) is 2.63. The minimum absolute atomic E-state index is 0.708. The highest BCUT2D eigenvalue weighted by atomic mass is 35.5. The predicted octanol–water partition coefficient (Wildman–Crippen LogP) is 4.47. The van der Waals surface area contributed by atoms with Crippen molar-refractivity contribution in [2.45, 2.75) is 0 Å². The summed E-state index contributed by atoms with van der Waals surface area (Å²) in [6.45, 7) is 3.34. The molecule has 3 aromatic rings. The highest BCUT2D eigenvalue weighted by molar-refractivity contribution is 6.31. The summed E-state index contributed by atoms with van der Waals surface area (Å²) in [5.74, 6) is 0. The fourth-order valence-electron chi connectivity index (χ4n) is 3.03. The fraction of sp³-hybridized carbons (Fsp3) is 0.211. The molecule has 5 heteroatoms. The van der Waals surface area contributed by atoms with Crippen LogP contribution in [0.1, 0.15) is 0 Å². The number of aromatic nitrogens is 1. The van der Waals surface area contributed by atoms with Crippen LogP contribution in [0.4, 0.5) is 17.1 Å². The van der Waals surface area contributed by atoms with Crippen LogP contribution in [0.25, 0.3) is 10.9 Å². The smallest absolute Gasteiger partial charge is 0.0723 e. The number of nitrogens with zero attached hydrogens (tertiary/aromatic N) is 2. The van der Waals surface area contributed by atoms with Crippen LogP contribution in [0.2, 0.25) is 5.02 Å². The van der Waals surface area contributed by atoms with E-state index in [1.54, 1.807) is 0 Å². The summed E-state index contributed by atoms with van der Waals surface area (Å²) in [6, 6.07) is 16.1. The third kappa shape index (κ3) is 3.03. The lowest BCUT2D eigenvalue weighted by atomic mass is 10.1. The number of hydrogen-bond donors (Lipinski definition) is 1. The fourth-order valence-corrected chi connectivity index (χ4v) is 3.20. The number of anilines is 3. The number of fused-ring (bicyclic) bond motifs is 1. The van der Waals surface area contributed by atoms with Gasteiger partial charge < -0.3 is 15.0 Å². The summed E-state index contributed by atoms with van der Waals surface area (Å²) in [4.78, 5) is 6.76. The van der Waals surface area contributed by atoms with Crippen molar-refractivity contribution in [3.05, 3.63) is 59.8 Å². The minimum atomic E-state index is 0.708. The third-order valence-corrected chi connectivity index (χ3v) is 4.46. The molecule has 0 spiro atoms. The van der Waals surface area contributed by atoms with Crippen LogP contribution in [0.15, 0.2) is 54.7 Å². The molecular formula is C19H18ClN3O.